The van der Waals surface area contributed by atoms with E-state index in [1.54, 1.807) is 0 Å². The first-order valence-electron chi connectivity index (χ1n) is 2.28. The fraction of sp³-hybridized carbons (Fsp3) is 0.500. The van der Waals surface area contributed by atoms with Crippen molar-refractivity contribution in [3.05, 3.63) is 0 Å². The second kappa shape index (κ2) is 29.6. The van der Waals surface area contributed by atoms with Gasteiger partial charge in [0.1, 0.15) is 0 Å². The molecule has 0 bridgehead atoms. The predicted molar refractivity (Wildman–Crippen MR) is 56.2 cm³/mol. The van der Waals surface area contributed by atoms with Gasteiger partial charge in [-0.3, -0.25) is 0 Å². The van der Waals surface area contributed by atoms with Crippen molar-refractivity contribution in [3.8, 4) is 0 Å². The zero-order chi connectivity index (χ0) is 8.31. The molecule has 0 spiro atoms. The van der Waals surface area contributed by atoms with Crippen molar-refractivity contribution in [1.82, 2.24) is 0 Å². The molecule has 0 aromatic rings. The summed E-state index contributed by atoms with van der Waals surface area (Å²) in [6.07, 6.45) is -4.53. The summed E-state index contributed by atoms with van der Waals surface area (Å²) >= 11 is 0. The third-order valence-electron chi connectivity index (χ3n) is 0.805. The van der Waals surface area contributed by atoms with Crippen LogP contribution < -0.4 is 0 Å². The number of carbonyl (C=O) groups is 2. The van der Waals surface area contributed by atoms with Gasteiger partial charge in [-0.25, -0.2) is 9.59 Å². The van der Waals surface area contributed by atoms with Gasteiger partial charge < -0.3 is 64.2 Å². The summed E-state index contributed by atoms with van der Waals surface area (Å²) in [5.74, 6) is -3.54. The molecule has 0 aliphatic carbocycles. The number of carboxylic acid groups (broad SMARTS) is 2. The minimum Gasteiger partial charge on any atom is -0.479 e. The third-order valence-corrected chi connectivity index (χ3v) is 0.805. The normalized spacial score (nSPS) is 8.78. The standard InChI is InChI=1S/C4H6O6.8H2O/c5-1(3(7)8)2(6)4(9)10;;;;;;;;/h1-2,5-6H,(H,7,8)(H,9,10);8*1H2/t1-,2-;;;;;;;;/m0......../s1. The maximum atomic E-state index is 9.77. The first-order valence-corrected chi connectivity index (χ1v) is 2.28. The van der Waals surface area contributed by atoms with Crippen molar-refractivity contribution in [1.29, 1.82) is 0 Å². The average Bonchev–Trinajstić information content (AvgIpc) is 1.84. The molecule has 18 heavy (non-hydrogen) atoms. The maximum absolute atomic E-state index is 9.77. The highest BCUT2D eigenvalue weighted by atomic mass is 16.4. The van der Waals surface area contributed by atoms with Crippen LogP contribution in [-0.4, -0.2) is 88.4 Å². The van der Waals surface area contributed by atoms with Crippen molar-refractivity contribution in [2.24, 2.45) is 0 Å². The SMILES string of the molecule is O.O.O.O.O.O.O.O.O=C(O)[C@@H](O)[C@H](O)C(=O)O. The Bertz CT molecular complexity index is 138. The van der Waals surface area contributed by atoms with E-state index in [2.05, 4.69) is 0 Å². The molecule has 0 aliphatic rings. The molecule has 0 saturated carbocycles. The number of hydrogen-bond acceptors (Lipinski definition) is 4. The Morgan fingerprint density at radius 1 is 0.556 bits per heavy atom. The highest BCUT2D eigenvalue weighted by molar-refractivity contribution is 5.82. The van der Waals surface area contributed by atoms with E-state index in [1.165, 1.54) is 0 Å². The molecule has 0 aliphatic heterocycles. The van der Waals surface area contributed by atoms with E-state index < -0.39 is 24.1 Å². The van der Waals surface area contributed by atoms with E-state index in [0.29, 0.717) is 0 Å². The van der Waals surface area contributed by atoms with Crippen LogP contribution in [0.25, 0.3) is 0 Å². The molecule has 2 atom stereocenters. The number of carboxylic acids is 2. The summed E-state index contributed by atoms with van der Waals surface area (Å²) < 4.78 is 0. The molecular weight excluding hydrogens is 272 g/mol. The molecular formula is C4H22O14. The van der Waals surface area contributed by atoms with Crippen molar-refractivity contribution < 1.29 is 73.8 Å². The van der Waals surface area contributed by atoms with Crippen LogP contribution in [0.3, 0.4) is 0 Å². The average molecular weight is 294 g/mol. The molecule has 0 aromatic carbocycles. The molecule has 14 nitrogen and oxygen atoms in total. The van der Waals surface area contributed by atoms with Crippen molar-refractivity contribution in [2.45, 2.75) is 12.2 Å². The fourth-order valence-electron chi connectivity index (χ4n) is 0.270. The Morgan fingerprint density at radius 3 is 0.722 bits per heavy atom. The molecule has 14 heteroatoms. The van der Waals surface area contributed by atoms with Crippen LogP contribution in [-0.2, 0) is 9.59 Å². The third kappa shape index (κ3) is 24.0. The van der Waals surface area contributed by atoms with E-state index in [9.17, 15) is 9.59 Å². The molecule has 0 rings (SSSR count). The summed E-state index contributed by atoms with van der Waals surface area (Å²) in [6, 6.07) is 0. The van der Waals surface area contributed by atoms with Gasteiger partial charge in [0, 0.05) is 0 Å². The summed E-state index contributed by atoms with van der Waals surface area (Å²) in [5.41, 5.74) is 0. The van der Waals surface area contributed by atoms with Crippen LogP contribution in [0.15, 0.2) is 0 Å². The lowest BCUT2D eigenvalue weighted by atomic mass is 10.2. The van der Waals surface area contributed by atoms with Gasteiger partial charge in [0.25, 0.3) is 0 Å². The number of rotatable bonds is 3. The molecule has 0 unspecified atom stereocenters. The highest BCUT2D eigenvalue weighted by Crippen LogP contribution is 1.92. The van der Waals surface area contributed by atoms with Crippen LogP contribution in [0.4, 0.5) is 0 Å². The molecule has 20 N–H and O–H groups in total. The van der Waals surface area contributed by atoms with Gasteiger partial charge in [-0.2, -0.15) is 0 Å². The minimum atomic E-state index is -2.27. The van der Waals surface area contributed by atoms with Gasteiger partial charge in [0.05, 0.1) is 0 Å². The van der Waals surface area contributed by atoms with Crippen LogP contribution in [0.2, 0.25) is 0 Å². The lowest BCUT2D eigenvalue weighted by Gasteiger charge is -2.07. The molecule has 0 saturated heterocycles. The topological polar surface area (TPSA) is 367 Å². The van der Waals surface area contributed by atoms with E-state index in [4.69, 9.17) is 20.4 Å². The predicted octanol–water partition coefficient (Wildman–Crippen LogP) is -8.72. The number of aliphatic hydroxyl groups is 2. The lowest BCUT2D eigenvalue weighted by molar-refractivity contribution is -0.165. The Hall–Kier alpha value is -1.46. The van der Waals surface area contributed by atoms with Gasteiger partial charge in [-0.1, -0.05) is 0 Å². The van der Waals surface area contributed by atoms with Crippen LogP contribution in [0.5, 0.6) is 0 Å². The van der Waals surface area contributed by atoms with Gasteiger partial charge in [-0.05, 0) is 0 Å². The number of aliphatic hydroxyl groups excluding tert-OH is 2. The minimum absolute atomic E-state index is 0. The Morgan fingerprint density at radius 2 is 0.667 bits per heavy atom. The summed E-state index contributed by atoms with van der Waals surface area (Å²) in [5, 5.41) is 32.5. The zero-order valence-electron chi connectivity index (χ0n) is 8.76. The largest absolute Gasteiger partial charge is 0.479 e. The molecule has 122 valence electrons. The zero-order valence-corrected chi connectivity index (χ0v) is 8.76. The second-order valence-electron chi connectivity index (χ2n) is 1.57. The van der Waals surface area contributed by atoms with Crippen LogP contribution in [0, 0.1) is 0 Å². The summed E-state index contributed by atoms with van der Waals surface area (Å²) in [7, 11) is 0. The Kier molecular flexibility index (Phi) is 115. The van der Waals surface area contributed by atoms with E-state index in [0.717, 1.165) is 0 Å². The van der Waals surface area contributed by atoms with Gasteiger partial charge >= 0.3 is 11.9 Å². The lowest BCUT2D eigenvalue weighted by Crippen LogP contribution is -2.39. The van der Waals surface area contributed by atoms with E-state index in [-0.39, 0.29) is 43.8 Å². The van der Waals surface area contributed by atoms with E-state index >= 15 is 0 Å². The smallest absolute Gasteiger partial charge is 0.335 e. The fourth-order valence-corrected chi connectivity index (χ4v) is 0.270. The first kappa shape index (κ1) is 70.3. The number of hydrogen-bond donors (Lipinski definition) is 4. The molecule has 0 radical (unpaired) electrons. The van der Waals surface area contributed by atoms with Gasteiger partial charge in [0.15, 0.2) is 12.2 Å². The molecule has 0 amide bonds. The first-order chi connectivity index (χ1) is 4.46. The monoisotopic (exact) mass is 294 g/mol. The van der Waals surface area contributed by atoms with E-state index in [1.807, 2.05) is 0 Å². The molecule has 0 heterocycles. The Balaban J connectivity index is -0.0000000145. The highest BCUT2D eigenvalue weighted by Gasteiger charge is 2.29. The molecule has 0 fully saturated rings. The van der Waals surface area contributed by atoms with Gasteiger partial charge in [0.2, 0.25) is 0 Å². The van der Waals surface area contributed by atoms with Crippen LogP contribution in [0.1, 0.15) is 0 Å². The second-order valence-corrected chi connectivity index (χ2v) is 1.57. The van der Waals surface area contributed by atoms with Crippen molar-refractivity contribution in [3.63, 3.8) is 0 Å². The van der Waals surface area contributed by atoms with Crippen molar-refractivity contribution >= 4 is 11.9 Å². The summed E-state index contributed by atoms with van der Waals surface area (Å²) in [6.45, 7) is 0. The van der Waals surface area contributed by atoms with Gasteiger partial charge in [-0.15, -0.1) is 0 Å². The molecule has 0 aromatic heterocycles. The number of aliphatic carboxylic acids is 2. The quantitative estimate of drug-likeness (QED) is 0.390. The van der Waals surface area contributed by atoms with Crippen molar-refractivity contribution in [2.75, 3.05) is 0 Å². The van der Waals surface area contributed by atoms with Crippen LogP contribution >= 0.6 is 0 Å². The summed E-state index contributed by atoms with van der Waals surface area (Å²) in [4.78, 5) is 19.5. The Labute approximate surface area is 99.2 Å². The maximum Gasteiger partial charge on any atom is 0.335 e.